The van der Waals surface area contributed by atoms with E-state index in [-0.39, 0.29) is 0 Å². The Bertz CT molecular complexity index is 700. The predicted molar refractivity (Wildman–Crippen MR) is 133 cm³/mol. The molecule has 0 aliphatic rings. The molecule has 0 bridgehead atoms. The van der Waals surface area contributed by atoms with Gasteiger partial charge < -0.3 is 15.1 Å². The smallest absolute Gasteiger partial charge is 0.0947 e. The van der Waals surface area contributed by atoms with Crippen LogP contribution in [-0.4, -0.2) is 48.7 Å². The van der Waals surface area contributed by atoms with Gasteiger partial charge in [0.2, 0.25) is 0 Å². The topological polar surface area (TPSA) is 65.4 Å². The van der Waals surface area contributed by atoms with Gasteiger partial charge in [-0.05, 0) is 64.8 Å². The van der Waals surface area contributed by atoms with E-state index in [0.717, 1.165) is 24.2 Å². The van der Waals surface area contributed by atoms with E-state index < -0.39 is 12.2 Å². The molecule has 2 rings (SSSR count). The average molecular weight is 447 g/mol. The fourth-order valence-corrected chi connectivity index (χ4v) is 2.88. The standard InChI is InChI=1S/2C13H21NO2/c1-10-4-6-13(7-5-10)14(8-11(2)15)9-12(3)16;1-4-10-15-14(16-11-5-2)13-8-6-12(3)7-9-13/h4-7,11-12,15-16H,8-9H2,1-3H3;6-9H,4-5,10-11H2,1-3H3. The van der Waals surface area contributed by atoms with Crippen LogP contribution < -0.4 is 10.1 Å². The van der Waals surface area contributed by atoms with Gasteiger partial charge >= 0.3 is 0 Å². The number of anilines is 2. The maximum absolute atomic E-state index is 9.43. The fourth-order valence-electron chi connectivity index (χ4n) is 2.88. The first-order chi connectivity index (χ1) is 15.3. The lowest BCUT2D eigenvalue weighted by molar-refractivity contribution is -0.0893. The Balaban J connectivity index is 0.000000320. The number of aliphatic hydroxyl groups excluding tert-OH is 2. The molecule has 6 heteroatoms. The van der Waals surface area contributed by atoms with Gasteiger partial charge in [0.25, 0.3) is 0 Å². The van der Waals surface area contributed by atoms with Crippen molar-refractivity contribution in [2.45, 2.75) is 66.6 Å². The summed E-state index contributed by atoms with van der Waals surface area (Å²) in [5, 5.41) is 20.4. The molecule has 0 saturated carbocycles. The van der Waals surface area contributed by atoms with Gasteiger partial charge in [0.1, 0.15) is 0 Å². The summed E-state index contributed by atoms with van der Waals surface area (Å²) >= 11 is 0. The lowest BCUT2D eigenvalue weighted by atomic mass is 10.2. The molecule has 0 aromatic heterocycles. The summed E-state index contributed by atoms with van der Waals surface area (Å²) in [4.78, 5) is 13.1. The number of nitrogens with zero attached hydrogens (tertiary/aromatic N) is 2. The van der Waals surface area contributed by atoms with E-state index in [0.29, 0.717) is 26.3 Å². The molecule has 6 nitrogen and oxygen atoms in total. The van der Waals surface area contributed by atoms with E-state index in [4.69, 9.17) is 9.68 Å². The normalized spacial score (nSPS) is 12.5. The van der Waals surface area contributed by atoms with E-state index in [1.807, 2.05) is 60.4 Å². The van der Waals surface area contributed by atoms with Gasteiger partial charge in [-0.1, -0.05) is 49.2 Å². The molecule has 0 amide bonds. The van der Waals surface area contributed by atoms with Gasteiger partial charge in [0, 0.05) is 18.8 Å². The largest absolute Gasteiger partial charge is 0.392 e. The highest BCUT2D eigenvalue weighted by atomic mass is 16.9. The van der Waals surface area contributed by atoms with Gasteiger partial charge in [0.05, 0.1) is 31.1 Å². The second-order valence-corrected chi connectivity index (χ2v) is 8.20. The minimum Gasteiger partial charge on any atom is -0.392 e. The van der Waals surface area contributed by atoms with Crippen molar-refractivity contribution in [3.05, 3.63) is 59.7 Å². The summed E-state index contributed by atoms with van der Waals surface area (Å²) in [6.07, 6.45) is 1.13. The number of benzene rings is 2. The highest BCUT2D eigenvalue weighted by Gasteiger charge is 2.11. The quantitative estimate of drug-likeness (QED) is 0.445. The zero-order valence-electron chi connectivity index (χ0n) is 20.6. The van der Waals surface area contributed by atoms with Gasteiger partial charge in [-0.2, -0.15) is 0 Å². The Morgan fingerprint density at radius 1 is 0.688 bits per heavy atom. The molecule has 0 aliphatic heterocycles. The van der Waals surface area contributed by atoms with Crippen LogP contribution in [0.5, 0.6) is 0 Å². The summed E-state index contributed by atoms with van der Waals surface area (Å²) in [6.45, 7) is 14.2. The number of hydrogen-bond donors (Lipinski definition) is 2. The van der Waals surface area contributed by atoms with Crippen LogP contribution in [0.25, 0.3) is 0 Å². The summed E-state index contributed by atoms with van der Waals surface area (Å²) in [7, 11) is 0. The minimum absolute atomic E-state index is 0.403. The van der Waals surface area contributed by atoms with E-state index in [2.05, 4.69) is 20.8 Å². The third-order valence-electron chi connectivity index (χ3n) is 4.44. The van der Waals surface area contributed by atoms with Crippen molar-refractivity contribution < 1.29 is 19.9 Å². The Morgan fingerprint density at radius 2 is 1.06 bits per heavy atom. The summed E-state index contributed by atoms with van der Waals surface area (Å²) in [6, 6.07) is 16.2. The SMILES string of the molecule is CCCON(OCCC)c1ccc(C)cc1.Cc1ccc(N(CC(C)O)CC(C)O)cc1. The second-order valence-electron chi connectivity index (χ2n) is 8.20. The molecule has 0 heterocycles. The Kier molecular flexibility index (Phi) is 13.6. The molecular formula is C26H42N2O4. The molecule has 32 heavy (non-hydrogen) atoms. The number of aliphatic hydroxyl groups is 2. The molecular weight excluding hydrogens is 404 g/mol. The van der Waals surface area contributed by atoms with E-state index >= 15 is 0 Å². The maximum Gasteiger partial charge on any atom is 0.0947 e. The summed E-state index contributed by atoms with van der Waals surface area (Å²) < 4.78 is 0. The number of hydrogen-bond acceptors (Lipinski definition) is 6. The van der Waals surface area contributed by atoms with Gasteiger partial charge in [0.15, 0.2) is 0 Å². The fraction of sp³-hybridized carbons (Fsp3) is 0.538. The lowest BCUT2D eigenvalue weighted by Gasteiger charge is -2.27. The Labute approximate surface area is 194 Å². The van der Waals surface area contributed by atoms with E-state index in [9.17, 15) is 10.2 Å². The Hall–Kier alpha value is -2.12. The second kappa shape index (κ2) is 15.6. The van der Waals surface area contributed by atoms with Crippen LogP contribution in [0.15, 0.2) is 48.5 Å². The number of rotatable bonds is 12. The first-order valence-electron chi connectivity index (χ1n) is 11.6. The molecule has 0 fully saturated rings. The zero-order chi connectivity index (χ0) is 23.9. The highest BCUT2D eigenvalue weighted by Crippen LogP contribution is 2.17. The van der Waals surface area contributed by atoms with E-state index in [1.54, 1.807) is 13.8 Å². The van der Waals surface area contributed by atoms with Crippen molar-refractivity contribution in [1.29, 1.82) is 0 Å². The molecule has 2 atom stereocenters. The van der Waals surface area contributed by atoms with E-state index in [1.165, 1.54) is 16.4 Å². The van der Waals surface area contributed by atoms with Crippen LogP contribution in [0, 0.1) is 13.8 Å². The van der Waals surface area contributed by atoms with Gasteiger partial charge in [-0.3, -0.25) is 0 Å². The first kappa shape index (κ1) is 27.9. The molecule has 2 aromatic carbocycles. The summed E-state index contributed by atoms with van der Waals surface area (Å²) in [5.41, 5.74) is 4.41. The van der Waals surface area contributed by atoms with Crippen LogP contribution >= 0.6 is 0 Å². The van der Waals surface area contributed by atoms with Crippen molar-refractivity contribution in [3.8, 4) is 0 Å². The average Bonchev–Trinajstić information content (AvgIpc) is 2.74. The molecule has 2 aromatic rings. The molecule has 2 N–H and O–H groups in total. The lowest BCUT2D eigenvalue weighted by Crippen LogP contribution is -2.36. The highest BCUT2D eigenvalue weighted by molar-refractivity contribution is 5.47. The number of aryl methyl sites for hydroxylation is 2. The van der Waals surface area contributed by atoms with Crippen LogP contribution in [0.2, 0.25) is 0 Å². The monoisotopic (exact) mass is 446 g/mol. The molecule has 2 unspecified atom stereocenters. The van der Waals surface area contributed by atoms with Crippen molar-refractivity contribution in [2.75, 3.05) is 36.4 Å². The van der Waals surface area contributed by atoms with Gasteiger partial charge in [-0.15, -0.1) is 5.23 Å². The third kappa shape index (κ3) is 11.5. The zero-order valence-corrected chi connectivity index (χ0v) is 20.6. The maximum atomic E-state index is 9.43. The molecule has 0 saturated heterocycles. The summed E-state index contributed by atoms with van der Waals surface area (Å²) in [5.74, 6) is 0. The van der Waals surface area contributed by atoms with Gasteiger partial charge in [-0.25, -0.2) is 9.68 Å². The Morgan fingerprint density at radius 3 is 1.41 bits per heavy atom. The third-order valence-corrected chi connectivity index (χ3v) is 4.44. The molecule has 0 radical (unpaired) electrons. The van der Waals surface area contributed by atoms with Crippen molar-refractivity contribution in [1.82, 2.24) is 0 Å². The molecule has 0 spiro atoms. The minimum atomic E-state index is -0.403. The van der Waals surface area contributed by atoms with Crippen LogP contribution in [0.1, 0.15) is 51.7 Å². The van der Waals surface area contributed by atoms with Crippen molar-refractivity contribution >= 4 is 11.4 Å². The molecule has 180 valence electrons. The van der Waals surface area contributed by atoms with Crippen molar-refractivity contribution in [3.63, 3.8) is 0 Å². The predicted octanol–water partition coefficient (Wildman–Crippen LogP) is 5.05. The first-order valence-corrected chi connectivity index (χ1v) is 11.6. The molecule has 0 aliphatic carbocycles. The van der Waals surface area contributed by atoms with Crippen LogP contribution in [-0.2, 0) is 9.68 Å². The van der Waals surface area contributed by atoms with Crippen LogP contribution in [0.4, 0.5) is 11.4 Å². The van der Waals surface area contributed by atoms with Crippen molar-refractivity contribution in [2.24, 2.45) is 0 Å². The van der Waals surface area contributed by atoms with Crippen LogP contribution in [0.3, 0.4) is 0 Å².